The molecule has 0 atom stereocenters. The van der Waals surface area contributed by atoms with E-state index in [0.29, 0.717) is 30.2 Å². The summed E-state index contributed by atoms with van der Waals surface area (Å²) in [5.74, 6) is 1.90. The Labute approximate surface area is 207 Å². The van der Waals surface area contributed by atoms with Crippen molar-refractivity contribution in [1.82, 2.24) is 15.3 Å². The largest absolute Gasteiger partial charge is 0.484 e. The Bertz CT molecular complexity index is 1440. The van der Waals surface area contributed by atoms with E-state index in [1.54, 1.807) is 11.3 Å². The van der Waals surface area contributed by atoms with E-state index in [9.17, 15) is 9.59 Å². The molecule has 2 aromatic heterocycles. The predicted octanol–water partition coefficient (Wildman–Crippen LogP) is 5.06. The summed E-state index contributed by atoms with van der Waals surface area (Å²) in [6, 6.07) is 15.4. The van der Waals surface area contributed by atoms with E-state index in [2.05, 4.69) is 10.6 Å². The van der Waals surface area contributed by atoms with E-state index >= 15 is 0 Å². The van der Waals surface area contributed by atoms with Crippen LogP contribution in [0, 0.1) is 0 Å². The lowest BCUT2D eigenvalue weighted by atomic mass is 10.1. The molecular formula is C27H26N4O3S. The molecule has 2 N–H and O–H groups in total. The van der Waals surface area contributed by atoms with Crippen LogP contribution in [0.15, 0.2) is 53.9 Å². The third-order valence-electron chi connectivity index (χ3n) is 5.52. The second-order valence-corrected chi connectivity index (χ2v) is 10.6. The normalized spacial score (nSPS) is 13.1. The number of hydrogen-bond donors (Lipinski definition) is 2. The first-order chi connectivity index (χ1) is 16.7. The van der Waals surface area contributed by atoms with Crippen molar-refractivity contribution in [3.8, 4) is 17.1 Å². The number of aromatic nitrogens is 2. The van der Waals surface area contributed by atoms with Crippen LogP contribution >= 0.6 is 11.3 Å². The molecule has 0 aliphatic heterocycles. The summed E-state index contributed by atoms with van der Waals surface area (Å²) in [5.41, 5.74) is 4.36. The highest BCUT2D eigenvalue weighted by atomic mass is 32.1. The summed E-state index contributed by atoms with van der Waals surface area (Å²) >= 11 is 1.57. The Morgan fingerprint density at radius 2 is 1.89 bits per heavy atom. The topological polar surface area (TPSA) is 93.2 Å². The smallest absolute Gasteiger partial charge is 0.258 e. The van der Waals surface area contributed by atoms with Crippen molar-refractivity contribution in [2.75, 3.05) is 11.9 Å². The number of anilines is 2. The highest BCUT2D eigenvalue weighted by Crippen LogP contribution is 2.33. The van der Waals surface area contributed by atoms with Gasteiger partial charge >= 0.3 is 0 Å². The molecule has 0 spiro atoms. The van der Waals surface area contributed by atoms with Gasteiger partial charge in [-0.3, -0.25) is 9.59 Å². The minimum Gasteiger partial charge on any atom is -0.484 e. The summed E-state index contributed by atoms with van der Waals surface area (Å²) < 4.78 is 6.67. The van der Waals surface area contributed by atoms with Crippen LogP contribution in [-0.2, 0) is 22.4 Å². The van der Waals surface area contributed by atoms with E-state index in [1.165, 1.54) is 0 Å². The fourth-order valence-electron chi connectivity index (χ4n) is 4.07. The van der Waals surface area contributed by atoms with Crippen molar-refractivity contribution in [3.63, 3.8) is 0 Å². The second-order valence-electron chi connectivity index (χ2n) is 9.65. The lowest BCUT2D eigenvalue weighted by Gasteiger charge is -2.20. The predicted molar refractivity (Wildman–Crippen MR) is 138 cm³/mol. The number of ether oxygens (including phenoxy) is 1. The van der Waals surface area contributed by atoms with Gasteiger partial charge in [0.25, 0.3) is 5.91 Å². The molecule has 1 aliphatic carbocycles. The third-order valence-corrected chi connectivity index (χ3v) is 6.43. The van der Waals surface area contributed by atoms with E-state index in [4.69, 9.17) is 14.7 Å². The molecule has 0 radical (unpaired) electrons. The van der Waals surface area contributed by atoms with Crippen molar-refractivity contribution >= 4 is 44.7 Å². The van der Waals surface area contributed by atoms with Gasteiger partial charge in [-0.25, -0.2) is 9.97 Å². The first-order valence-electron chi connectivity index (χ1n) is 11.4. The van der Waals surface area contributed by atoms with Crippen molar-refractivity contribution in [1.29, 1.82) is 0 Å². The number of carbonyl (C=O) groups excluding carboxylic acids is 2. The van der Waals surface area contributed by atoms with Gasteiger partial charge in [-0.2, -0.15) is 0 Å². The Morgan fingerprint density at radius 3 is 2.71 bits per heavy atom. The Hall–Kier alpha value is -3.78. The lowest BCUT2D eigenvalue weighted by molar-refractivity contribution is -0.124. The molecule has 0 saturated heterocycles. The average Bonchev–Trinajstić information content (AvgIpc) is 3.42. The van der Waals surface area contributed by atoms with Crippen LogP contribution in [0.4, 0.5) is 11.5 Å². The van der Waals surface area contributed by atoms with Crippen molar-refractivity contribution in [2.24, 2.45) is 0 Å². The number of nitrogens with zero attached hydrogens (tertiary/aromatic N) is 2. The number of Topliss-reactive ketones (excluding diaryl/α,β-unsaturated/α-hetero) is 1. The molecule has 4 aromatic rings. The van der Waals surface area contributed by atoms with Crippen molar-refractivity contribution in [3.05, 3.63) is 65.0 Å². The Balaban J connectivity index is 1.40. The molecule has 178 valence electrons. The van der Waals surface area contributed by atoms with Gasteiger partial charge in [0, 0.05) is 29.6 Å². The van der Waals surface area contributed by atoms with Crippen LogP contribution in [-0.4, -0.2) is 33.8 Å². The van der Waals surface area contributed by atoms with Crippen LogP contribution in [0.2, 0.25) is 0 Å². The standard InChI is InChI=1S/C27H26N4O3S/c1-27(2,3)31-23(33)15-34-21-6-4-5-17(14-21)25-29-22-9-10-35-24(22)26(30-25)28-19-8-7-16-12-20(32)13-18(16)11-19/h4-11,14H,12-13,15H2,1-3H3,(H,31,33)(H,28,29,30). The van der Waals surface area contributed by atoms with Gasteiger partial charge in [0.1, 0.15) is 11.5 Å². The highest BCUT2D eigenvalue weighted by Gasteiger charge is 2.19. The maximum atomic E-state index is 12.1. The number of fused-ring (bicyclic) bond motifs is 2. The number of ketones is 1. The molecule has 5 rings (SSSR count). The average molecular weight is 487 g/mol. The molecule has 2 heterocycles. The number of thiophene rings is 1. The molecule has 0 fully saturated rings. The number of benzene rings is 2. The monoisotopic (exact) mass is 486 g/mol. The molecule has 2 aromatic carbocycles. The van der Waals surface area contributed by atoms with Gasteiger partial charge in [0.2, 0.25) is 0 Å². The van der Waals surface area contributed by atoms with Gasteiger partial charge in [-0.05, 0) is 67.6 Å². The minimum atomic E-state index is -0.316. The van der Waals surface area contributed by atoms with Gasteiger partial charge in [0.05, 0.1) is 10.2 Å². The molecule has 1 amide bonds. The molecule has 35 heavy (non-hydrogen) atoms. The van der Waals surface area contributed by atoms with E-state index in [-0.39, 0.29) is 23.8 Å². The summed E-state index contributed by atoms with van der Waals surface area (Å²) in [7, 11) is 0. The van der Waals surface area contributed by atoms with Crippen LogP contribution < -0.4 is 15.4 Å². The van der Waals surface area contributed by atoms with Gasteiger partial charge < -0.3 is 15.4 Å². The summed E-state index contributed by atoms with van der Waals surface area (Å²) in [4.78, 5) is 33.5. The SMILES string of the molecule is CC(C)(C)NC(=O)COc1cccc(-c2nc(Nc3ccc4c(c3)CC(=O)C4)c3sccc3n2)c1. The van der Waals surface area contributed by atoms with Crippen LogP contribution in [0.3, 0.4) is 0 Å². The van der Waals surface area contributed by atoms with Crippen LogP contribution in [0.25, 0.3) is 21.6 Å². The molecule has 0 bridgehead atoms. The minimum absolute atomic E-state index is 0.0707. The first kappa shape index (κ1) is 23.0. The second kappa shape index (κ2) is 9.11. The van der Waals surface area contributed by atoms with E-state index < -0.39 is 0 Å². The summed E-state index contributed by atoms with van der Waals surface area (Å²) in [6.45, 7) is 5.71. The highest BCUT2D eigenvalue weighted by molar-refractivity contribution is 7.17. The fraction of sp³-hybridized carbons (Fsp3) is 0.259. The van der Waals surface area contributed by atoms with E-state index in [1.807, 2.05) is 74.7 Å². The zero-order valence-corrected chi connectivity index (χ0v) is 20.7. The molecule has 0 unspecified atom stereocenters. The van der Waals surface area contributed by atoms with Crippen molar-refractivity contribution < 1.29 is 14.3 Å². The maximum Gasteiger partial charge on any atom is 0.258 e. The zero-order chi connectivity index (χ0) is 24.6. The number of amides is 1. The quantitative estimate of drug-likeness (QED) is 0.396. The zero-order valence-electron chi connectivity index (χ0n) is 19.8. The molecule has 7 nitrogen and oxygen atoms in total. The van der Waals surface area contributed by atoms with Crippen LogP contribution in [0.1, 0.15) is 31.9 Å². The molecule has 8 heteroatoms. The third kappa shape index (κ3) is 5.33. The molecule has 0 saturated carbocycles. The number of hydrogen-bond acceptors (Lipinski definition) is 7. The number of carbonyl (C=O) groups is 2. The first-order valence-corrected chi connectivity index (χ1v) is 12.3. The maximum absolute atomic E-state index is 12.1. The fourth-order valence-corrected chi connectivity index (χ4v) is 4.85. The Kier molecular flexibility index (Phi) is 5.98. The van der Waals surface area contributed by atoms with E-state index in [0.717, 1.165) is 32.6 Å². The van der Waals surface area contributed by atoms with Crippen molar-refractivity contribution in [2.45, 2.75) is 39.2 Å². The molecular weight excluding hydrogens is 460 g/mol. The summed E-state index contributed by atoms with van der Waals surface area (Å²) in [5, 5.41) is 8.30. The summed E-state index contributed by atoms with van der Waals surface area (Å²) in [6.07, 6.45) is 0.994. The Morgan fingerprint density at radius 1 is 1.06 bits per heavy atom. The van der Waals surface area contributed by atoms with Gasteiger partial charge in [-0.1, -0.05) is 18.2 Å². The molecule has 1 aliphatic rings. The van der Waals surface area contributed by atoms with Gasteiger partial charge in [-0.15, -0.1) is 11.3 Å². The lowest BCUT2D eigenvalue weighted by Crippen LogP contribution is -2.43. The number of rotatable bonds is 6. The number of nitrogens with one attached hydrogen (secondary N) is 2. The van der Waals surface area contributed by atoms with Crippen LogP contribution in [0.5, 0.6) is 5.75 Å². The van der Waals surface area contributed by atoms with Gasteiger partial charge in [0.15, 0.2) is 18.2 Å².